The summed E-state index contributed by atoms with van der Waals surface area (Å²) in [5.41, 5.74) is 0. The molecule has 0 aliphatic rings. The van der Waals surface area contributed by atoms with Gasteiger partial charge in [0.1, 0.15) is 0 Å². The molecule has 0 rings (SSSR count). The predicted molar refractivity (Wildman–Crippen MR) is 11.5 cm³/mol. The second kappa shape index (κ2) is 2.72. The van der Waals surface area contributed by atoms with Crippen LogP contribution in [0, 0.1) is 0 Å². The van der Waals surface area contributed by atoms with E-state index in [1.165, 1.54) is 0 Å². The molecule has 0 aromatic carbocycles. The van der Waals surface area contributed by atoms with E-state index in [1.807, 2.05) is 0 Å². The first-order valence-electron chi connectivity index (χ1n) is 0.816. The summed E-state index contributed by atoms with van der Waals surface area (Å²) in [7, 11) is -5.61. The van der Waals surface area contributed by atoms with Crippen molar-refractivity contribution in [3.05, 3.63) is 0 Å². The maximum absolute atomic E-state index is 8.58. The van der Waals surface area contributed by atoms with Crippen LogP contribution in [-0.4, -0.2) is 26.6 Å². The molecule has 0 fully saturated rings. The van der Waals surface area contributed by atoms with Crippen molar-refractivity contribution in [1.82, 2.24) is 0 Å². The smallest absolute Gasteiger partial charge is 0.894 e. The van der Waals surface area contributed by atoms with Gasteiger partial charge < -0.3 is 28.2 Å². The molecule has 0 saturated carbocycles. The van der Waals surface area contributed by atoms with Gasteiger partial charge in [-0.3, -0.25) is 0 Å². The van der Waals surface area contributed by atoms with Gasteiger partial charge in [0, 0.05) is 0 Å². The number of hydrogen-bond donors (Lipinski definition) is 0. The third-order valence-electron chi connectivity index (χ3n) is 0. The SMILES string of the molecule is [Ge+4].[O-][Si]([O-])([O-])[O-]. The molecule has 0 N–H and O–H groups in total. The van der Waals surface area contributed by atoms with Gasteiger partial charge >= 0.3 is 17.6 Å². The molecular weight excluding hydrogens is 165 g/mol. The van der Waals surface area contributed by atoms with E-state index in [4.69, 9.17) is 19.2 Å². The minimum atomic E-state index is -5.61. The van der Waals surface area contributed by atoms with Crippen molar-refractivity contribution in [1.29, 1.82) is 0 Å². The van der Waals surface area contributed by atoms with Gasteiger partial charge in [-0.1, -0.05) is 0 Å². The van der Waals surface area contributed by atoms with Crippen LogP contribution in [0.15, 0.2) is 0 Å². The largest absolute Gasteiger partial charge is 4.00 e. The maximum Gasteiger partial charge on any atom is 4.00 e. The Morgan fingerprint density at radius 3 is 0.833 bits per heavy atom. The molecule has 0 bridgehead atoms. The van der Waals surface area contributed by atoms with Crippen LogP contribution in [0.4, 0.5) is 0 Å². The summed E-state index contributed by atoms with van der Waals surface area (Å²) >= 11 is 0. The van der Waals surface area contributed by atoms with Crippen molar-refractivity contribution in [3.63, 3.8) is 0 Å². The maximum atomic E-state index is 8.58. The molecular formula is GeO4Si. The Balaban J connectivity index is 0. The van der Waals surface area contributed by atoms with Crippen molar-refractivity contribution < 1.29 is 19.2 Å². The van der Waals surface area contributed by atoms with Gasteiger partial charge in [0.15, 0.2) is 0 Å². The summed E-state index contributed by atoms with van der Waals surface area (Å²) in [6, 6.07) is 0. The molecule has 0 aromatic rings. The van der Waals surface area contributed by atoms with Crippen LogP contribution in [0.25, 0.3) is 0 Å². The van der Waals surface area contributed by atoms with E-state index in [9.17, 15) is 0 Å². The first-order valence-corrected chi connectivity index (χ1v) is 2.45. The molecule has 0 aliphatic carbocycles. The standard InChI is InChI=1S/Ge.O4Si/c;1-5(2,3)4/q+4;-4. The second-order valence-electron chi connectivity index (χ2n) is 0.500. The normalized spacial score (nSPS) is 10.0. The minimum absolute atomic E-state index is 0. The van der Waals surface area contributed by atoms with Crippen molar-refractivity contribution in [3.8, 4) is 0 Å². The zero-order valence-corrected chi connectivity index (χ0v) is 5.73. The summed E-state index contributed by atoms with van der Waals surface area (Å²) in [5.74, 6) is 0. The van der Waals surface area contributed by atoms with Crippen molar-refractivity contribution in [2.75, 3.05) is 0 Å². The van der Waals surface area contributed by atoms with Gasteiger partial charge in [0.2, 0.25) is 0 Å². The topological polar surface area (TPSA) is 92.2 Å². The van der Waals surface area contributed by atoms with E-state index in [-0.39, 0.29) is 17.6 Å². The molecule has 0 saturated heterocycles. The molecule has 4 nitrogen and oxygen atoms in total. The quantitative estimate of drug-likeness (QED) is 0.334. The molecule has 0 atom stereocenters. The van der Waals surface area contributed by atoms with Gasteiger partial charge in [0.25, 0.3) is 0 Å². The van der Waals surface area contributed by atoms with Crippen LogP contribution in [0.3, 0.4) is 0 Å². The Bertz CT molecular complexity index is 23.0. The van der Waals surface area contributed by atoms with Crippen molar-refractivity contribution in [2.45, 2.75) is 0 Å². The molecule has 0 radical (unpaired) electrons. The third kappa shape index (κ3) is 166. The molecule has 6 heavy (non-hydrogen) atoms. The summed E-state index contributed by atoms with van der Waals surface area (Å²) in [6.07, 6.45) is 0. The van der Waals surface area contributed by atoms with Crippen molar-refractivity contribution in [2.24, 2.45) is 0 Å². The predicted octanol–water partition coefficient (Wildman–Crippen LogP) is -5.52. The van der Waals surface area contributed by atoms with Crippen LogP contribution >= 0.6 is 0 Å². The Hall–Kier alpha value is 0.600. The van der Waals surface area contributed by atoms with Gasteiger partial charge in [-0.05, 0) is 0 Å². The van der Waals surface area contributed by atoms with Gasteiger partial charge in [-0.25, -0.2) is 0 Å². The van der Waals surface area contributed by atoms with Crippen LogP contribution < -0.4 is 19.2 Å². The summed E-state index contributed by atoms with van der Waals surface area (Å²) in [5, 5.41) is 0. The molecule has 0 aromatic heterocycles. The van der Waals surface area contributed by atoms with Crippen LogP contribution in [-0.2, 0) is 0 Å². The summed E-state index contributed by atoms with van der Waals surface area (Å²) in [4.78, 5) is 34.3. The van der Waals surface area contributed by atoms with E-state index in [1.54, 1.807) is 0 Å². The van der Waals surface area contributed by atoms with Gasteiger partial charge in [0.05, 0.1) is 0 Å². The molecule has 0 heterocycles. The van der Waals surface area contributed by atoms with Gasteiger partial charge in [-0.2, -0.15) is 0 Å². The molecule has 0 aliphatic heterocycles. The van der Waals surface area contributed by atoms with E-state index in [0.717, 1.165) is 0 Å². The molecule has 6 heteroatoms. The van der Waals surface area contributed by atoms with Crippen molar-refractivity contribution >= 4 is 26.6 Å². The Kier molecular flexibility index (Phi) is 4.43. The van der Waals surface area contributed by atoms with E-state index in [2.05, 4.69) is 0 Å². The molecule has 0 spiro atoms. The fourth-order valence-electron chi connectivity index (χ4n) is 0. The monoisotopic (exact) mass is 166 g/mol. The fraction of sp³-hybridized carbons (Fsp3) is 0. The molecule has 0 unspecified atom stereocenters. The Labute approximate surface area is 46.5 Å². The average Bonchev–Trinajstić information content (AvgIpc) is 0.722. The number of hydrogen-bond acceptors (Lipinski definition) is 4. The average molecular weight is 165 g/mol. The van der Waals surface area contributed by atoms with E-state index < -0.39 is 9.05 Å². The molecule has 32 valence electrons. The van der Waals surface area contributed by atoms with E-state index in [0.29, 0.717) is 0 Å². The zero-order valence-electron chi connectivity index (χ0n) is 2.63. The summed E-state index contributed by atoms with van der Waals surface area (Å²) in [6.45, 7) is 0. The Morgan fingerprint density at radius 1 is 0.833 bits per heavy atom. The van der Waals surface area contributed by atoms with Gasteiger partial charge in [-0.15, -0.1) is 0 Å². The second-order valence-corrected chi connectivity index (χ2v) is 1.50. The fourth-order valence-corrected chi connectivity index (χ4v) is 0. The van der Waals surface area contributed by atoms with Crippen LogP contribution in [0.2, 0.25) is 0 Å². The zero-order chi connectivity index (χ0) is 4.50. The first-order chi connectivity index (χ1) is 2.00. The summed E-state index contributed by atoms with van der Waals surface area (Å²) < 4.78 is 0. The van der Waals surface area contributed by atoms with Crippen LogP contribution in [0.5, 0.6) is 0 Å². The third-order valence-corrected chi connectivity index (χ3v) is 0. The minimum Gasteiger partial charge on any atom is -0.894 e. The van der Waals surface area contributed by atoms with Crippen LogP contribution in [0.1, 0.15) is 0 Å². The first kappa shape index (κ1) is 9.78. The number of rotatable bonds is 0. The Morgan fingerprint density at radius 2 is 0.833 bits per heavy atom. The molecule has 0 amide bonds. The van der Waals surface area contributed by atoms with E-state index >= 15 is 0 Å².